The van der Waals surface area contributed by atoms with Crippen LogP contribution in [0.2, 0.25) is 0 Å². The van der Waals surface area contributed by atoms with Crippen molar-refractivity contribution < 1.29 is 9.59 Å². The fourth-order valence-corrected chi connectivity index (χ4v) is 3.42. The summed E-state index contributed by atoms with van der Waals surface area (Å²) in [6.07, 6.45) is 5.30. The summed E-state index contributed by atoms with van der Waals surface area (Å²) in [4.78, 5) is 31.3. The molecule has 120 valence electrons. The van der Waals surface area contributed by atoms with Gasteiger partial charge in [0.1, 0.15) is 0 Å². The van der Waals surface area contributed by atoms with Gasteiger partial charge in [0.2, 0.25) is 5.91 Å². The molecule has 0 radical (unpaired) electrons. The third kappa shape index (κ3) is 4.16. The number of nitrogens with zero attached hydrogens (tertiary/aromatic N) is 2. The molecule has 0 spiro atoms. The van der Waals surface area contributed by atoms with E-state index in [0.717, 1.165) is 17.7 Å². The Bertz CT molecular complexity index is 650. The maximum atomic E-state index is 12.3. The minimum Gasteiger partial charge on any atom is -0.349 e. The number of aromatic nitrogens is 1. The lowest BCUT2D eigenvalue weighted by molar-refractivity contribution is -0.131. The summed E-state index contributed by atoms with van der Waals surface area (Å²) in [6.45, 7) is 1.40. The molecule has 1 aliphatic rings. The average molecular weight is 329 g/mol. The van der Waals surface area contributed by atoms with Gasteiger partial charge in [-0.15, -0.1) is 11.3 Å². The minimum absolute atomic E-state index is 0.0734. The molecular weight excluding hydrogens is 310 g/mol. The molecular formula is C17H19N3O2S. The van der Waals surface area contributed by atoms with Crippen molar-refractivity contribution in [2.45, 2.75) is 25.3 Å². The maximum Gasteiger partial charge on any atom is 0.251 e. The summed E-state index contributed by atoms with van der Waals surface area (Å²) in [5, 5.41) is 5.03. The standard InChI is InChI=1S/C17H19N3O2S/c21-16(12-15-2-1-11-23-15)20-9-5-14(6-10-20)19-17(22)13-3-7-18-8-4-13/h1-4,7-8,11,14H,5-6,9-10,12H2,(H,19,22). The van der Waals surface area contributed by atoms with Gasteiger partial charge in [0.05, 0.1) is 6.42 Å². The second-order valence-electron chi connectivity index (χ2n) is 5.62. The van der Waals surface area contributed by atoms with Crippen LogP contribution in [0.5, 0.6) is 0 Å². The SMILES string of the molecule is O=C(NC1CCN(C(=O)Cc2cccs2)CC1)c1ccncc1. The van der Waals surface area contributed by atoms with E-state index in [1.807, 2.05) is 22.4 Å². The quantitative estimate of drug-likeness (QED) is 0.934. The molecule has 2 amide bonds. The molecule has 2 aromatic rings. The first-order chi connectivity index (χ1) is 11.2. The molecule has 0 aromatic carbocycles. The van der Waals surface area contributed by atoms with E-state index in [0.29, 0.717) is 25.1 Å². The maximum absolute atomic E-state index is 12.3. The summed E-state index contributed by atoms with van der Waals surface area (Å²) in [5.41, 5.74) is 0.621. The van der Waals surface area contributed by atoms with Crippen LogP contribution in [0.25, 0.3) is 0 Å². The molecule has 1 N–H and O–H groups in total. The van der Waals surface area contributed by atoms with Gasteiger partial charge >= 0.3 is 0 Å². The van der Waals surface area contributed by atoms with Gasteiger partial charge in [0.15, 0.2) is 0 Å². The zero-order chi connectivity index (χ0) is 16.1. The molecule has 2 aromatic heterocycles. The van der Waals surface area contributed by atoms with Gasteiger partial charge < -0.3 is 10.2 Å². The van der Waals surface area contributed by atoms with E-state index in [9.17, 15) is 9.59 Å². The highest BCUT2D eigenvalue weighted by Gasteiger charge is 2.24. The van der Waals surface area contributed by atoms with E-state index >= 15 is 0 Å². The molecule has 6 heteroatoms. The first kappa shape index (κ1) is 15.7. The van der Waals surface area contributed by atoms with Crippen LogP contribution < -0.4 is 5.32 Å². The van der Waals surface area contributed by atoms with Gasteiger partial charge in [0.25, 0.3) is 5.91 Å². The average Bonchev–Trinajstić information content (AvgIpc) is 3.09. The summed E-state index contributed by atoms with van der Waals surface area (Å²) in [6, 6.07) is 7.49. The summed E-state index contributed by atoms with van der Waals surface area (Å²) >= 11 is 1.61. The summed E-state index contributed by atoms with van der Waals surface area (Å²) < 4.78 is 0. The third-order valence-corrected chi connectivity index (χ3v) is 4.91. The fourth-order valence-electron chi connectivity index (χ4n) is 2.72. The Morgan fingerprint density at radius 3 is 2.61 bits per heavy atom. The number of carbonyl (C=O) groups is 2. The second kappa shape index (κ2) is 7.37. The molecule has 0 bridgehead atoms. The fraction of sp³-hybridized carbons (Fsp3) is 0.353. The van der Waals surface area contributed by atoms with Crippen molar-refractivity contribution in [1.82, 2.24) is 15.2 Å². The van der Waals surface area contributed by atoms with E-state index in [1.54, 1.807) is 35.9 Å². The van der Waals surface area contributed by atoms with Gasteiger partial charge in [-0.25, -0.2) is 0 Å². The van der Waals surface area contributed by atoms with Gasteiger partial charge in [-0.05, 0) is 36.4 Å². The topological polar surface area (TPSA) is 62.3 Å². The van der Waals surface area contributed by atoms with Crippen molar-refractivity contribution in [3.8, 4) is 0 Å². The van der Waals surface area contributed by atoms with Crippen molar-refractivity contribution in [3.63, 3.8) is 0 Å². The number of nitrogens with one attached hydrogen (secondary N) is 1. The predicted molar refractivity (Wildman–Crippen MR) is 89.3 cm³/mol. The highest BCUT2D eigenvalue weighted by molar-refractivity contribution is 7.10. The molecule has 5 nitrogen and oxygen atoms in total. The van der Waals surface area contributed by atoms with Crippen LogP contribution in [0.15, 0.2) is 42.0 Å². The highest BCUT2D eigenvalue weighted by Crippen LogP contribution is 2.15. The monoisotopic (exact) mass is 329 g/mol. The van der Waals surface area contributed by atoms with E-state index in [4.69, 9.17) is 0 Å². The van der Waals surface area contributed by atoms with Crippen LogP contribution in [0.1, 0.15) is 28.1 Å². The molecule has 23 heavy (non-hydrogen) atoms. The predicted octanol–water partition coefficient (Wildman–Crippen LogP) is 2.11. The Labute approximate surface area is 139 Å². The van der Waals surface area contributed by atoms with Crippen LogP contribution >= 0.6 is 11.3 Å². The van der Waals surface area contributed by atoms with Crippen molar-refractivity contribution in [2.24, 2.45) is 0 Å². The first-order valence-corrected chi connectivity index (χ1v) is 8.61. The summed E-state index contributed by atoms with van der Waals surface area (Å²) in [7, 11) is 0. The highest BCUT2D eigenvalue weighted by atomic mass is 32.1. The molecule has 0 unspecified atom stereocenters. The number of rotatable bonds is 4. The number of carbonyl (C=O) groups excluding carboxylic acids is 2. The second-order valence-corrected chi connectivity index (χ2v) is 6.65. The minimum atomic E-state index is -0.0734. The Balaban J connectivity index is 1.47. The molecule has 3 heterocycles. The Hall–Kier alpha value is -2.21. The number of piperidine rings is 1. The van der Waals surface area contributed by atoms with E-state index < -0.39 is 0 Å². The first-order valence-electron chi connectivity index (χ1n) is 7.73. The van der Waals surface area contributed by atoms with Crippen molar-refractivity contribution in [2.75, 3.05) is 13.1 Å². The van der Waals surface area contributed by atoms with Crippen LogP contribution in [-0.4, -0.2) is 40.8 Å². The van der Waals surface area contributed by atoms with Gasteiger partial charge in [0, 0.05) is 42.0 Å². The molecule has 1 saturated heterocycles. The molecule has 0 atom stereocenters. The van der Waals surface area contributed by atoms with Crippen LogP contribution in [-0.2, 0) is 11.2 Å². The largest absolute Gasteiger partial charge is 0.349 e. The number of amides is 2. The van der Waals surface area contributed by atoms with Crippen LogP contribution in [0.4, 0.5) is 0 Å². The van der Waals surface area contributed by atoms with Crippen LogP contribution in [0, 0.1) is 0 Å². The van der Waals surface area contributed by atoms with Crippen molar-refractivity contribution >= 4 is 23.2 Å². The normalized spacial score (nSPS) is 15.4. The molecule has 1 fully saturated rings. The number of hydrogen-bond acceptors (Lipinski definition) is 4. The van der Waals surface area contributed by atoms with Gasteiger partial charge in [-0.3, -0.25) is 14.6 Å². The molecule has 0 saturated carbocycles. The third-order valence-electron chi connectivity index (χ3n) is 4.03. The smallest absolute Gasteiger partial charge is 0.251 e. The number of likely N-dealkylation sites (tertiary alicyclic amines) is 1. The zero-order valence-electron chi connectivity index (χ0n) is 12.8. The Kier molecular flexibility index (Phi) is 5.02. The van der Waals surface area contributed by atoms with Crippen molar-refractivity contribution in [3.05, 3.63) is 52.5 Å². The van der Waals surface area contributed by atoms with Gasteiger partial charge in [-0.2, -0.15) is 0 Å². The van der Waals surface area contributed by atoms with Gasteiger partial charge in [-0.1, -0.05) is 6.07 Å². The number of hydrogen-bond donors (Lipinski definition) is 1. The van der Waals surface area contributed by atoms with E-state index in [-0.39, 0.29) is 17.9 Å². The van der Waals surface area contributed by atoms with Crippen LogP contribution in [0.3, 0.4) is 0 Å². The van der Waals surface area contributed by atoms with E-state index in [2.05, 4.69) is 10.3 Å². The Morgan fingerprint density at radius 1 is 1.22 bits per heavy atom. The number of pyridine rings is 1. The van der Waals surface area contributed by atoms with Crippen molar-refractivity contribution in [1.29, 1.82) is 0 Å². The molecule has 3 rings (SSSR count). The lowest BCUT2D eigenvalue weighted by Gasteiger charge is -2.32. The number of thiophene rings is 1. The van der Waals surface area contributed by atoms with E-state index in [1.165, 1.54) is 0 Å². The molecule has 0 aliphatic carbocycles. The Morgan fingerprint density at radius 2 is 1.96 bits per heavy atom. The lowest BCUT2D eigenvalue weighted by Crippen LogP contribution is -2.46. The summed E-state index contributed by atoms with van der Waals surface area (Å²) in [5.74, 6) is 0.0992. The zero-order valence-corrected chi connectivity index (χ0v) is 13.6. The lowest BCUT2D eigenvalue weighted by atomic mass is 10.0. The molecule has 1 aliphatic heterocycles.